The van der Waals surface area contributed by atoms with Crippen molar-refractivity contribution >= 4 is 11.9 Å². The predicted molar refractivity (Wildman–Crippen MR) is 101 cm³/mol. The van der Waals surface area contributed by atoms with Crippen LogP contribution in [0.4, 0.5) is 0 Å². The van der Waals surface area contributed by atoms with Crippen LogP contribution in [-0.4, -0.2) is 34.8 Å². The summed E-state index contributed by atoms with van der Waals surface area (Å²) in [7, 11) is 1.32. The zero-order valence-electron chi connectivity index (χ0n) is 15.0. The van der Waals surface area contributed by atoms with Gasteiger partial charge < -0.3 is 10.1 Å². The normalized spacial score (nSPS) is 11.6. The Bertz CT molecular complexity index is 875. The van der Waals surface area contributed by atoms with Gasteiger partial charge in [0.1, 0.15) is 6.04 Å². The second kappa shape index (κ2) is 8.80. The van der Waals surface area contributed by atoms with Crippen LogP contribution < -0.4 is 5.32 Å². The summed E-state index contributed by atoms with van der Waals surface area (Å²) in [6.45, 7) is 0. The van der Waals surface area contributed by atoms with Crippen molar-refractivity contribution in [2.75, 3.05) is 7.11 Å². The number of aromatic nitrogens is 2. The van der Waals surface area contributed by atoms with E-state index in [1.165, 1.54) is 7.11 Å². The third-order valence-electron chi connectivity index (χ3n) is 4.17. The van der Waals surface area contributed by atoms with Crippen molar-refractivity contribution in [1.82, 2.24) is 15.1 Å². The van der Waals surface area contributed by atoms with Crippen LogP contribution in [-0.2, 0) is 27.2 Å². The molecule has 0 saturated carbocycles. The number of nitrogens with zero attached hydrogens (tertiary/aromatic N) is 2. The molecule has 1 heterocycles. The topological polar surface area (TPSA) is 73.2 Å². The lowest BCUT2D eigenvalue weighted by atomic mass is 10.1. The number of esters is 1. The number of carbonyl (C=O) groups excluding carboxylic acids is 2. The van der Waals surface area contributed by atoms with E-state index in [1.807, 2.05) is 66.9 Å². The molecule has 138 valence electrons. The van der Waals surface area contributed by atoms with Crippen LogP contribution in [0.2, 0.25) is 0 Å². The van der Waals surface area contributed by atoms with E-state index in [0.717, 1.165) is 16.8 Å². The Morgan fingerprint density at radius 3 is 2.41 bits per heavy atom. The molecule has 0 unspecified atom stereocenters. The molecule has 0 saturated heterocycles. The van der Waals surface area contributed by atoms with Crippen molar-refractivity contribution < 1.29 is 14.3 Å². The zero-order valence-corrected chi connectivity index (χ0v) is 15.0. The fourth-order valence-corrected chi connectivity index (χ4v) is 2.80. The number of methoxy groups -OCH3 is 1. The Kier molecular flexibility index (Phi) is 5.99. The molecule has 0 aliphatic heterocycles. The summed E-state index contributed by atoms with van der Waals surface area (Å²) in [5.41, 5.74) is 2.73. The average Bonchev–Trinajstić information content (AvgIpc) is 3.23. The van der Waals surface area contributed by atoms with Crippen LogP contribution in [0.3, 0.4) is 0 Å². The van der Waals surface area contributed by atoms with E-state index < -0.39 is 12.0 Å². The molecule has 1 N–H and O–H groups in total. The Labute approximate surface area is 157 Å². The first-order valence-electron chi connectivity index (χ1n) is 8.66. The molecule has 27 heavy (non-hydrogen) atoms. The first-order valence-corrected chi connectivity index (χ1v) is 8.66. The number of carbonyl (C=O) groups is 2. The van der Waals surface area contributed by atoms with Gasteiger partial charge in [0.05, 0.1) is 19.2 Å². The number of ether oxygens (including phenoxy) is 1. The standard InChI is InChI=1S/C21H21N3O3/c1-27-21(26)19(14-16-6-3-2-4-7-16)23-20(25)15-17-8-10-18(11-9-17)24-13-5-12-22-24/h2-13,19H,14-15H2,1H3,(H,23,25)/t19-/m0/s1. The lowest BCUT2D eigenvalue weighted by Crippen LogP contribution is -2.43. The van der Waals surface area contributed by atoms with Gasteiger partial charge in [0.2, 0.25) is 5.91 Å². The Hall–Kier alpha value is -3.41. The number of nitrogens with one attached hydrogen (secondary N) is 1. The third-order valence-corrected chi connectivity index (χ3v) is 4.17. The van der Waals surface area contributed by atoms with Crippen LogP contribution in [0.15, 0.2) is 73.1 Å². The lowest BCUT2D eigenvalue weighted by Gasteiger charge is -2.16. The van der Waals surface area contributed by atoms with Crippen LogP contribution >= 0.6 is 0 Å². The van der Waals surface area contributed by atoms with Gasteiger partial charge >= 0.3 is 5.97 Å². The largest absolute Gasteiger partial charge is 0.467 e. The highest BCUT2D eigenvalue weighted by Crippen LogP contribution is 2.10. The molecular formula is C21H21N3O3. The van der Waals surface area contributed by atoms with Crippen LogP contribution in [0.5, 0.6) is 0 Å². The maximum atomic E-state index is 12.4. The average molecular weight is 363 g/mol. The maximum Gasteiger partial charge on any atom is 0.328 e. The number of rotatable bonds is 7. The van der Waals surface area contributed by atoms with Gasteiger partial charge in [0.25, 0.3) is 0 Å². The minimum Gasteiger partial charge on any atom is -0.467 e. The second-order valence-electron chi connectivity index (χ2n) is 6.13. The van der Waals surface area contributed by atoms with Gasteiger partial charge in [-0.2, -0.15) is 5.10 Å². The molecule has 2 aromatic carbocycles. The molecule has 0 aliphatic carbocycles. The summed E-state index contributed by atoms with van der Waals surface area (Å²) < 4.78 is 6.58. The monoisotopic (exact) mass is 363 g/mol. The lowest BCUT2D eigenvalue weighted by molar-refractivity contribution is -0.145. The number of hydrogen-bond donors (Lipinski definition) is 1. The van der Waals surface area contributed by atoms with Gasteiger partial charge in [-0.25, -0.2) is 9.48 Å². The van der Waals surface area contributed by atoms with Crippen LogP contribution in [0, 0.1) is 0 Å². The smallest absolute Gasteiger partial charge is 0.328 e. The Morgan fingerprint density at radius 1 is 1.04 bits per heavy atom. The molecule has 6 heteroatoms. The molecule has 6 nitrogen and oxygen atoms in total. The van der Waals surface area contributed by atoms with Crippen molar-refractivity contribution in [2.45, 2.75) is 18.9 Å². The minimum absolute atomic E-state index is 0.182. The van der Waals surface area contributed by atoms with Gasteiger partial charge in [0.15, 0.2) is 0 Å². The van der Waals surface area contributed by atoms with Crippen molar-refractivity contribution in [3.8, 4) is 5.69 Å². The molecular weight excluding hydrogens is 342 g/mol. The predicted octanol–water partition coefficient (Wildman–Crippen LogP) is 2.32. The highest BCUT2D eigenvalue weighted by molar-refractivity contribution is 5.85. The molecule has 0 spiro atoms. The van der Waals surface area contributed by atoms with Crippen molar-refractivity contribution in [3.63, 3.8) is 0 Å². The number of amides is 1. The molecule has 0 aliphatic rings. The van der Waals surface area contributed by atoms with E-state index in [0.29, 0.717) is 6.42 Å². The van der Waals surface area contributed by atoms with Crippen LogP contribution in [0.25, 0.3) is 5.69 Å². The molecule has 0 bridgehead atoms. The summed E-state index contributed by atoms with van der Waals surface area (Å²) >= 11 is 0. The number of hydrogen-bond acceptors (Lipinski definition) is 4. The SMILES string of the molecule is COC(=O)[C@H](Cc1ccccc1)NC(=O)Cc1ccc(-n2cccn2)cc1. The van der Waals surface area contributed by atoms with Crippen LogP contribution in [0.1, 0.15) is 11.1 Å². The van der Waals surface area contributed by atoms with Crippen molar-refractivity contribution in [3.05, 3.63) is 84.2 Å². The minimum atomic E-state index is -0.715. The van der Waals surface area contributed by atoms with E-state index in [1.54, 1.807) is 10.9 Å². The molecule has 0 fully saturated rings. The van der Waals surface area contributed by atoms with E-state index >= 15 is 0 Å². The van der Waals surface area contributed by atoms with Gasteiger partial charge in [-0.1, -0.05) is 42.5 Å². The molecule has 1 aromatic heterocycles. The first kappa shape index (κ1) is 18.4. The van der Waals surface area contributed by atoms with E-state index in [9.17, 15) is 9.59 Å². The molecule has 0 radical (unpaired) electrons. The summed E-state index contributed by atoms with van der Waals surface area (Å²) in [6, 6.07) is 18.2. The molecule has 1 atom stereocenters. The van der Waals surface area contributed by atoms with Gasteiger partial charge in [-0.3, -0.25) is 4.79 Å². The zero-order chi connectivity index (χ0) is 19.1. The summed E-state index contributed by atoms with van der Waals surface area (Å²) in [4.78, 5) is 24.4. The van der Waals surface area contributed by atoms with E-state index in [2.05, 4.69) is 10.4 Å². The van der Waals surface area contributed by atoms with Crippen molar-refractivity contribution in [2.24, 2.45) is 0 Å². The quantitative estimate of drug-likeness (QED) is 0.654. The summed E-state index contributed by atoms with van der Waals surface area (Å²) in [5.74, 6) is -0.686. The highest BCUT2D eigenvalue weighted by atomic mass is 16.5. The summed E-state index contributed by atoms with van der Waals surface area (Å²) in [5, 5.41) is 6.95. The fraction of sp³-hybridized carbons (Fsp3) is 0.190. The maximum absolute atomic E-state index is 12.4. The first-order chi connectivity index (χ1) is 13.2. The molecule has 3 aromatic rings. The third kappa shape index (κ3) is 5.04. The summed E-state index contributed by atoms with van der Waals surface area (Å²) in [6.07, 6.45) is 4.13. The number of benzene rings is 2. The van der Waals surface area contributed by atoms with E-state index in [-0.39, 0.29) is 12.3 Å². The molecule has 3 rings (SSSR count). The van der Waals surface area contributed by atoms with Gasteiger partial charge in [0, 0.05) is 18.8 Å². The van der Waals surface area contributed by atoms with Gasteiger partial charge in [-0.05, 0) is 29.3 Å². The Balaban J connectivity index is 1.62. The van der Waals surface area contributed by atoms with E-state index in [4.69, 9.17) is 4.74 Å². The Morgan fingerprint density at radius 2 is 1.78 bits per heavy atom. The molecule has 1 amide bonds. The van der Waals surface area contributed by atoms with Gasteiger partial charge in [-0.15, -0.1) is 0 Å². The highest BCUT2D eigenvalue weighted by Gasteiger charge is 2.22. The fourth-order valence-electron chi connectivity index (χ4n) is 2.80. The van der Waals surface area contributed by atoms with Crippen molar-refractivity contribution in [1.29, 1.82) is 0 Å². The second-order valence-corrected chi connectivity index (χ2v) is 6.13.